The smallest absolute Gasteiger partial charge is 0.340 e. The number of hydrogen-bond acceptors (Lipinski definition) is 7. The lowest BCUT2D eigenvalue weighted by Gasteiger charge is -2.19. The molecule has 0 bridgehead atoms. The van der Waals surface area contributed by atoms with Crippen LogP contribution >= 0.6 is 23.2 Å². The van der Waals surface area contributed by atoms with Gasteiger partial charge >= 0.3 is 11.9 Å². The predicted octanol–water partition coefficient (Wildman–Crippen LogP) is 6.22. The first kappa shape index (κ1) is 26.3. The molecule has 0 aliphatic rings. The molecule has 1 aromatic heterocycles. The molecular formula is C26H25Cl2NO6. The molecular weight excluding hydrogens is 493 g/mol. The van der Waals surface area contributed by atoms with Gasteiger partial charge in [-0.05, 0) is 50.6 Å². The molecule has 0 unspecified atom stereocenters. The maximum Gasteiger partial charge on any atom is 0.340 e. The van der Waals surface area contributed by atoms with Crippen molar-refractivity contribution in [2.45, 2.75) is 27.4 Å². The summed E-state index contributed by atoms with van der Waals surface area (Å²) in [4.78, 5) is 29.8. The number of carbonyl (C=O) groups is 2. The van der Waals surface area contributed by atoms with Crippen LogP contribution in [0.15, 0.2) is 36.4 Å². The summed E-state index contributed by atoms with van der Waals surface area (Å²) in [5.41, 5.74) is 2.83. The van der Waals surface area contributed by atoms with Gasteiger partial charge in [-0.1, -0.05) is 35.3 Å². The average Bonchev–Trinajstić information content (AvgIpc) is 2.83. The van der Waals surface area contributed by atoms with E-state index < -0.39 is 11.9 Å². The first-order valence-electron chi connectivity index (χ1n) is 10.7. The fourth-order valence-corrected chi connectivity index (χ4v) is 4.15. The van der Waals surface area contributed by atoms with E-state index in [1.54, 1.807) is 50.2 Å². The van der Waals surface area contributed by atoms with Crippen molar-refractivity contribution >= 4 is 35.1 Å². The average molecular weight is 518 g/mol. The molecule has 7 nitrogen and oxygen atoms in total. The summed E-state index contributed by atoms with van der Waals surface area (Å²) in [6.07, 6.45) is 0. The van der Waals surface area contributed by atoms with Crippen LogP contribution in [-0.4, -0.2) is 37.7 Å². The van der Waals surface area contributed by atoms with E-state index in [9.17, 15) is 9.59 Å². The lowest BCUT2D eigenvalue weighted by Crippen LogP contribution is -2.16. The Morgan fingerprint density at radius 1 is 0.857 bits per heavy atom. The van der Waals surface area contributed by atoms with E-state index in [1.165, 1.54) is 14.2 Å². The van der Waals surface area contributed by atoms with Crippen LogP contribution in [-0.2, 0) is 16.1 Å². The number of benzene rings is 2. The number of pyridine rings is 1. The second kappa shape index (κ2) is 11.4. The van der Waals surface area contributed by atoms with Gasteiger partial charge in [0, 0.05) is 21.2 Å². The molecule has 0 amide bonds. The quantitative estimate of drug-likeness (QED) is 0.327. The van der Waals surface area contributed by atoms with Gasteiger partial charge in [0.05, 0.1) is 43.3 Å². The molecule has 2 aromatic carbocycles. The van der Waals surface area contributed by atoms with E-state index in [0.717, 1.165) is 5.56 Å². The first-order chi connectivity index (χ1) is 16.7. The molecule has 9 heteroatoms. The zero-order chi connectivity index (χ0) is 25.7. The Labute approximate surface area is 213 Å². The van der Waals surface area contributed by atoms with Gasteiger partial charge in [-0.3, -0.25) is 4.98 Å². The highest BCUT2D eigenvalue weighted by atomic mass is 35.5. The number of aryl methyl sites for hydroxylation is 2. The summed E-state index contributed by atoms with van der Waals surface area (Å²) < 4.78 is 21.8. The van der Waals surface area contributed by atoms with Crippen LogP contribution in [0.3, 0.4) is 0 Å². The van der Waals surface area contributed by atoms with E-state index in [1.807, 2.05) is 6.92 Å². The van der Waals surface area contributed by atoms with Crippen molar-refractivity contribution in [3.63, 3.8) is 0 Å². The Morgan fingerprint density at radius 3 is 2.03 bits per heavy atom. The van der Waals surface area contributed by atoms with Crippen LogP contribution in [0.1, 0.15) is 44.6 Å². The van der Waals surface area contributed by atoms with Crippen molar-refractivity contribution in [1.29, 1.82) is 0 Å². The summed E-state index contributed by atoms with van der Waals surface area (Å²) in [5.74, 6) is -0.353. The minimum absolute atomic E-state index is 0.169. The number of methoxy groups -OCH3 is 2. The predicted molar refractivity (Wildman–Crippen MR) is 134 cm³/mol. The molecule has 3 rings (SSSR count). The van der Waals surface area contributed by atoms with E-state index in [2.05, 4.69) is 4.98 Å². The zero-order valence-electron chi connectivity index (χ0n) is 20.0. The molecule has 0 radical (unpaired) electrons. The molecule has 0 aliphatic carbocycles. The molecule has 3 aromatic rings. The number of halogens is 2. The molecule has 0 saturated carbocycles. The van der Waals surface area contributed by atoms with Crippen LogP contribution in [0.5, 0.6) is 11.5 Å². The van der Waals surface area contributed by atoms with Crippen molar-refractivity contribution in [3.05, 3.63) is 74.5 Å². The highest BCUT2D eigenvalue weighted by Gasteiger charge is 2.28. The zero-order valence-corrected chi connectivity index (χ0v) is 21.5. The Balaban J connectivity index is 2.14. The van der Waals surface area contributed by atoms with Crippen LogP contribution < -0.4 is 9.47 Å². The second-order valence-corrected chi connectivity index (χ2v) is 8.35. The maximum atomic E-state index is 12.7. The van der Waals surface area contributed by atoms with Crippen molar-refractivity contribution in [1.82, 2.24) is 4.98 Å². The van der Waals surface area contributed by atoms with Crippen LogP contribution in [0.4, 0.5) is 0 Å². The number of carbonyl (C=O) groups excluding carboxylic acids is 2. The topological polar surface area (TPSA) is 84.0 Å². The number of esters is 2. The van der Waals surface area contributed by atoms with Crippen molar-refractivity contribution in [2.75, 3.05) is 20.8 Å². The van der Waals surface area contributed by atoms with E-state index in [4.69, 9.17) is 42.1 Å². The van der Waals surface area contributed by atoms with Gasteiger partial charge < -0.3 is 18.9 Å². The molecule has 0 atom stereocenters. The highest BCUT2D eigenvalue weighted by molar-refractivity contribution is 6.35. The van der Waals surface area contributed by atoms with E-state index >= 15 is 0 Å². The van der Waals surface area contributed by atoms with Gasteiger partial charge in [0.25, 0.3) is 0 Å². The Kier molecular flexibility index (Phi) is 8.59. The standard InChI is InChI=1S/C26H25Cl2NO6/c1-6-34-21-11-16(8-10-20(21)35-13-17-7-9-18(27)12-19(17)28)24-22(25(30)32-4)14(2)29-15(3)23(24)26(31)33-5/h7-12H,6,13H2,1-5H3. The van der Waals surface area contributed by atoms with Gasteiger partial charge in [-0.15, -0.1) is 0 Å². The van der Waals surface area contributed by atoms with Gasteiger partial charge in [-0.2, -0.15) is 0 Å². The number of nitrogens with zero attached hydrogens (tertiary/aromatic N) is 1. The monoisotopic (exact) mass is 517 g/mol. The Bertz CT molecular complexity index is 1230. The summed E-state index contributed by atoms with van der Waals surface area (Å²) >= 11 is 12.2. The third-order valence-electron chi connectivity index (χ3n) is 5.27. The maximum absolute atomic E-state index is 12.7. The SMILES string of the molecule is CCOc1cc(-c2c(C(=O)OC)c(C)nc(C)c2C(=O)OC)ccc1OCc1ccc(Cl)cc1Cl. The molecule has 0 saturated heterocycles. The first-order valence-corrected chi connectivity index (χ1v) is 11.5. The summed E-state index contributed by atoms with van der Waals surface area (Å²) in [6.45, 7) is 5.75. The summed E-state index contributed by atoms with van der Waals surface area (Å²) in [6, 6.07) is 10.3. The number of hydrogen-bond donors (Lipinski definition) is 0. The molecule has 184 valence electrons. The third-order valence-corrected chi connectivity index (χ3v) is 5.86. The fraction of sp³-hybridized carbons (Fsp3) is 0.269. The molecule has 0 fully saturated rings. The number of aromatic nitrogens is 1. The Hall–Kier alpha value is -3.29. The highest BCUT2D eigenvalue weighted by Crippen LogP contribution is 2.38. The van der Waals surface area contributed by atoms with Crippen molar-refractivity contribution < 1.29 is 28.5 Å². The lowest BCUT2D eigenvalue weighted by molar-refractivity contribution is 0.0599. The molecule has 1 heterocycles. The molecule has 35 heavy (non-hydrogen) atoms. The molecule has 0 aliphatic heterocycles. The van der Waals surface area contributed by atoms with Crippen LogP contribution in [0.2, 0.25) is 10.0 Å². The van der Waals surface area contributed by atoms with E-state index in [-0.39, 0.29) is 17.7 Å². The van der Waals surface area contributed by atoms with Crippen molar-refractivity contribution in [2.24, 2.45) is 0 Å². The molecule has 0 N–H and O–H groups in total. The second-order valence-electron chi connectivity index (χ2n) is 7.51. The van der Waals surface area contributed by atoms with Crippen LogP contribution in [0.25, 0.3) is 11.1 Å². The van der Waals surface area contributed by atoms with Crippen molar-refractivity contribution in [3.8, 4) is 22.6 Å². The van der Waals surface area contributed by atoms with E-state index in [0.29, 0.717) is 50.7 Å². The van der Waals surface area contributed by atoms with Gasteiger partial charge in [0.1, 0.15) is 6.61 Å². The normalized spacial score (nSPS) is 10.6. The minimum atomic E-state index is -0.620. The lowest BCUT2D eigenvalue weighted by atomic mass is 9.92. The largest absolute Gasteiger partial charge is 0.490 e. The molecule has 0 spiro atoms. The third kappa shape index (κ3) is 5.69. The van der Waals surface area contributed by atoms with Gasteiger partial charge in [0.15, 0.2) is 11.5 Å². The summed E-state index contributed by atoms with van der Waals surface area (Å²) in [7, 11) is 2.54. The van der Waals surface area contributed by atoms with Crippen LogP contribution in [0, 0.1) is 13.8 Å². The number of rotatable bonds is 8. The fourth-order valence-electron chi connectivity index (χ4n) is 3.69. The van der Waals surface area contributed by atoms with Gasteiger partial charge in [0.2, 0.25) is 0 Å². The Morgan fingerprint density at radius 2 is 1.49 bits per heavy atom. The minimum Gasteiger partial charge on any atom is -0.490 e. The number of ether oxygens (including phenoxy) is 4. The van der Waals surface area contributed by atoms with Gasteiger partial charge in [-0.25, -0.2) is 9.59 Å². The summed E-state index contributed by atoms with van der Waals surface area (Å²) in [5, 5.41) is 1.02.